The standard InChI is InChI=1S/C17H17NO2/c19-15-9-12-5-6-18-14-8-11-4-2-1-3-10(11)7-13(16(12)14)17(15)20/h1-4,9,14,18-20H,5-8H2. The van der Waals surface area contributed by atoms with E-state index in [-0.39, 0.29) is 17.5 Å². The Balaban J connectivity index is 1.99. The van der Waals surface area contributed by atoms with E-state index in [1.54, 1.807) is 6.07 Å². The molecule has 0 saturated carbocycles. The summed E-state index contributed by atoms with van der Waals surface area (Å²) in [5.74, 6) is 0.0629. The lowest BCUT2D eigenvalue weighted by atomic mass is 9.87. The molecule has 2 aromatic carbocycles. The normalized spacial score (nSPS) is 19.9. The van der Waals surface area contributed by atoms with Crippen LogP contribution in [0.15, 0.2) is 30.3 Å². The van der Waals surface area contributed by atoms with Gasteiger partial charge in [-0.2, -0.15) is 0 Å². The van der Waals surface area contributed by atoms with Crippen LogP contribution >= 0.6 is 0 Å². The van der Waals surface area contributed by atoms with Gasteiger partial charge in [-0.3, -0.25) is 0 Å². The number of phenolic OH excluding ortho intramolecular Hbond substituents is 2. The van der Waals surface area contributed by atoms with Crippen LogP contribution in [0.3, 0.4) is 0 Å². The van der Waals surface area contributed by atoms with Crippen LogP contribution in [0.2, 0.25) is 0 Å². The number of hydrogen-bond donors (Lipinski definition) is 3. The lowest BCUT2D eigenvalue weighted by Gasteiger charge is -2.28. The lowest BCUT2D eigenvalue weighted by molar-refractivity contribution is 0.394. The summed E-state index contributed by atoms with van der Waals surface area (Å²) in [5, 5.41) is 23.8. The van der Waals surface area contributed by atoms with Gasteiger partial charge in [0.2, 0.25) is 0 Å². The molecule has 0 bridgehead atoms. The third kappa shape index (κ3) is 1.63. The number of aromatic hydroxyl groups is 2. The van der Waals surface area contributed by atoms with Crippen LogP contribution in [-0.4, -0.2) is 16.8 Å². The predicted molar refractivity (Wildman–Crippen MR) is 77.2 cm³/mol. The summed E-state index contributed by atoms with van der Waals surface area (Å²) < 4.78 is 0. The number of rotatable bonds is 0. The molecule has 0 amide bonds. The molecule has 2 aromatic rings. The van der Waals surface area contributed by atoms with Crippen LogP contribution in [-0.2, 0) is 19.3 Å². The first kappa shape index (κ1) is 11.8. The maximum absolute atomic E-state index is 10.3. The summed E-state index contributed by atoms with van der Waals surface area (Å²) in [4.78, 5) is 0. The fourth-order valence-corrected chi connectivity index (χ4v) is 3.60. The van der Waals surface area contributed by atoms with Gasteiger partial charge in [0.1, 0.15) is 0 Å². The molecule has 2 aliphatic rings. The Kier molecular flexibility index (Phi) is 2.51. The average Bonchev–Trinajstić information content (AvgIpc) is 2.62. The Morgan fingerprint density at radius 3 is 2.70 bits per heavy atom. The highest BCUT2D eigenvalue weighted by Crippen LogP contribution is 2.43. The summed E-state index contributed by atoms with van der Waals surface area (Å²) in [6.45, 7) is 0.920. The second kappa shape index (κ2) is 4.25. The van der Waals surface area contributed by atoms with E-state index >= 15 is 0 Å². The third-order valence-electron chi connectivity index (χ3n) is 4.55. The molecule has 1 aliphatic heterocycles. The Hall–Kier alpha value is -2.00. The molecular formula is C17H17NO2. The van der Waals surface area contributed by atoms with Gasteiger partial charge in [0.15, 0.2) is 11.5 Å². The topological polar surface area (TPSA) is 52.5 Å². The van der Waals surface area contributed by atoms with Crippen LogP contribution in [0.4, 0.5) is 0 Å². The summed E-state index contributed by atoms with van der Waals surface area (Å²) in [6.07, 6.45) is 2.54. The second-order valence-electron chi connectivity index (χ2n) is 5.70. The highest BCUT2D eigenvalue weighted by Gasteiger charge is 2.30. The smallest absolute Gasteiger partial charge is 0.161 e. The maximum Gasteiger partial charge on any atom is 0.161 e. The van der Waals surface area contributed by atoms with Gasteiger partial charge in [-0.1, -0.05) is 24.3 Å². The predicted octanol–water partition coefficient (Wildman–Crippen LogP) is 2.43. The number of hydrogen-bond acceptors (Lipinski definition) is 3. The highest BCUT2D eigenvalue weighted by atomic mass is 16.3. The molecular weight excluding hydrogens is 250 g/mol. The Morgan fingerprint density at radius 1 is 1.05 bits per heavy atom. The molecule has 4 rings (SSSR count). The van der Waals surface area contributed by atoms with Gasteiger partial charge in [0.25, 0.3) is 0 Å². The van der Waals surface area contributed by atoms with Crippen molar-refractivity contribution in [2.45, 2.75) is 25.3 Å². The largest absolute Gasteiger partial charge is 0.504 e. The van der Waals surface area contributed by atoms with Crippen molar-refractivity contribution in [2.75, 3.05) is 6.54 Å². The van der Waals surface area contributed by atoms with Gasteiger partial charge in [-0.25, -0.2) is 0 Å². The van der Waals surface area contributed by atoms with E-state index in [1.165, 1.54) is 22.3 Å². The van der Waals surface area contributed by atoms with Gasteiger partial charge in [0.05, 0.1) is 0 Å². The number of fused-ring (bicyclic) bond motifs is 1. The molecule has 1 heterocycles. The van der Waals surface area contributed by atoms with Gasteiger partial charge < -0.3 is 15.5 Å². The first-order chi connectivity index (χ1) is 9.74. The Labute approximate surface area is 117 Å². The van der Waals surface area contributed by atoms with Crippen LogP contribution < -0.4 is 5.32 Å². The quantitative estimate of drug-likeness (QED) is 0.643. The van der Waals surface area contributed by atoms with E-state index in [2.05, 4.69) is 23.5 Å². The molecule has 20 heavy (non-hydrogen) atoms. The zero-order valence-corrected chi connectivity index (χ0v) is 11.2. The van der Waals surface area contributed by atoms with E-state index < -0.39 is 0 Å². The number of nitrogens with one attached hydrogen (secondary N) is 1. The number of phenols is 2. The average molecular weight is 267 g/mol. The van der Waals surface area contributed by atoms with Gasteiger partial charge in [0, 0.05) is 18.0 Å². The van der Waals surface area contributed by atoms with E-state index in [9.17, 15) is 10.2 Å². The lowest BCUT2D eigenvalue weighted by Crippen LogP contribution is -2.31. The van der Waals surface area contributed by atoms with Gasteiger partial charge >= 0.3 is 0 Å². The van der Waals surface area contributed by atoms with E-state index in [1.807, 2.05) is 6.07 Å². The van der Waals surface area contributed by atoms with Crippen molar-refractivity contribution in [1.29, 1.82) is 0 Å². The maximum atomic E-state index is 10.3. The molecule has 0 fully saturated rings. The molecule has 0 radical (unpaired) electrons. The highest BCUT2D eigenvalue weighted by molar-refractivity contribution is 5.58. The van der Waals surface area contributed by atoms with E-state index in [4.69, 9.17) is 0 Å². The molecule has 3 heteroatoms. The third-order valence-corrected chi connectivity index (χ3v) is 4.55. The molecule has 1 unspecified atom stereocenters. The van der Waals surface area contributed by atoms with Crippen molar-refractivity contribution >= 4 is 0 Å². The van der Waals surface area contributed by atoms with Crippen molar-refractivity contribution < 1.29 is 10.2 Å². The van der Waals surface area contributed by atoms with Crippen molar-refractivity contribution in [3.05, 3.63) is 58.1 Å². The van der Waals surface area contributed by atoms with Crippen molar-refractivity contribution in [2.24, 2.45) is 0 Å². The van der Waals surface area contributed by atoms with E-state index in [0.717, 1.165) is 24.9 Å². The summed E-state index contributed by atoms with van der Waals surface area (Å²) in [7, 11) is 0. The van der Waals surface area contributed by atoms with Crippen molar-refractivity contribution in [3.63, 3.8) is 0 Å². The van der Waals surface area contributed by atoms with Crippen LogP contribution in [0.1, 0.15) is 33.9 Å². The summed E-state index contributed by atoms with van der Waals surface area (Å²) >= 11 is 0. The summed E-state index contributed by atoms with van der Waals surface area (Å²) in [6, 6.07) is 10.3. The zero-order chi connectivity index (χ0) is 13.7. The van der Waals surface area contributed by atoms with Crippen molar-refractivity contribution in [1.82, 2.24) is 5.32 Å². The van der Waals surface area contributed by atoms with Gasteiger partial charge in [-0.15, -0.1) is 0 Å². The zero-order valence-electron chi connectivity index (χ0n) is 11.2. The summed E-state index contributed by atoms with van der Waals surface area (Å²) in [5.41, 5.74) is 5.83. The van der Waals surface area contributed by atoms with Gasteiger partial charge in [-0.05, 0) is 47.7 Å². The fraction of sp³-hybridized carbons (Fsp3) is 0.294. The molecule has 3 N–H and O–H groups in total. The molecule has 0 spiro atoms. The molecule has 3 nitrogen and oxygen atoms in total. The van der Waals surface area contributed by atoms with Crippen LogP contribution in [0, 0.1) is 0 Å². The Bertz CT molecular complexity index is 694. The first-order valence-electron chi connectivity index (χ1n) is 7.11. The molecule has 102 valence electrons. The van der Waals surface area contributed by atoms with Crippen molar-refractivity contribution in [3.8, 4) is 11.5 Å². The fourth-order valence-electron chi connectivity index (χ4n) is 3.60. The SMILES string of the molecule is Oc1cc2c3c(c1O)Cc1ccccc1CC3NCC2. The molecule has 0 saturated heterocycles. The number of benzene rings is 2. The molecule has 1 atom stereocenters. The monoisotopic (exact) mass is 267 g/mol. The second-order valence-corrected chi connectivity index (χ2v) is 5.70. The van der Waals surface area contributed by atoms with Crippen LogP contribution in [0.25, 0.3) is 0 Å². The Morgan fingerprint density at radius 2 is 1.85 bits per heavy atom. The first-order valence-corrected chi connectivity index (χ1v) is 7.11. The van der Waals surface area contributed by atoms with Crippen LogP contribution in [0.5, 0.6) is 11.5 Å². The minimum absolute atomic E-state index is 0.0128. The molecule has 0 aromatic heterocycles. The minimum atomic E-state index is 0.0128. The minimum Gasteiger partial charge on any atom is -0.504 e. The van der Waals surface area contributed by atoms with E-state index in [0.29, 0.717) is 6.42 Å². The molecule has 1 aliphatic carbocycles.